The second kappa shape index (κ2) is 3.87. The topological polar surface area (TPSA) is 42.0 Å². The van der Waals surface area contributed by atoms with E-state index in [9.17, 15) is 4.79 Å². The van der Waals surface area contributed by atoms with Crippen molar-refractivity contribution >= 4 is 28.8 Å². The third kappa shape index (κ3) is 1.77. The molecule has 2 rings (SSSR count). The molecule has 1 heterocycles. The van der Waals surface area contributed by atoms with Gasteiger partial charge in [0.05, 0.1) is 17.2 Å². The van der Waals surface area contributed by atoms with Gasteiger partial charge in [0.2, 0.25) is 0 Å². The van der Waals surface area contributed by atoms with Crippen LogP contribution in [0, 0.1) is 0 Å². The van der Waals surface area contributed by atoms with Crippen molar-refractivity contribution in [1.29, 1.82) is 0 Å². The summed E-state index contributed by atoms with van der Waals surface area (Å²) in [7, 11) is 0. The highest BCUT2D eigenvalue weighted by atomic mass is 35.5. The molecule has 0 radical (unpaired) electrons. The molecular formula is C9H11ClN2OS. The van der Waals surface area contributed by atoms with E-state index < -0.39 is 0 Å². The lowest BCUT2D eigenvalue weighted by Gasteiger charge is -2.40. The van der Waals surface area contributed by atoms with Crippen LogP contribution < -0.4 is 5.32 Å². The Morgan fingerprint density at radius 1 is 1.71 bits per heavy atom. The van der Waals surface area contributed by atoms with Gasteiger partial charge in [0, 0.05) is 5.88 Å². The van der Waals surface area contributed by atoms with Gasteiger partial charge in [-0.05, 0) is 19.3 Å². The Hall–Kier alpha value is -0.610. The van der Waals surface area contributed by atoms with Crippen LogP contribution in [-0.2, 0) is 0 Å². The predicted octanol–water partition coefficient (Wildman–Crippen LogP) is 2.03. The number of hydrogen-bond donors (Lipinski definition) is 1. The molecule has 0 atom stereocenters. The van der Waals surface area contributed by atoms with E-state index >= 15 is 0 Å². The van der Waals surface area contributed by atoms with Crippen molar-refractivity contribution in [2.24, 2.45) is 0 Å². The summed E-state index contributed by atoms with van der Waals surface area (Å²) < 4.78 is 0. The molecule has 1 aliphatic carbocycles. The summed E-state index contributed by atoms with van der Waals surface area (Å²) in [6.07, 6.45) is 4.71. The number of nitrogens with zero attached hydrogens (tertiary/aromatic N) is 1. The number of carbonyl (C=O) groups is 1. The van der Waals surface area contributed by atoms with E-state index in [2.05, 4.69) is 10.3 Å². The maximum atomic E-state index is 11.7. The van der Waals surface area contributed by atoms with Crippen LogP contribution in [0.2, 0.25) is 0 Å². The molecule has 5 heteroatoms. The monoisotopic (exact) mass is 230 g/mol. The van der Waals surface area contributed by atoms with Crippen molar-refractivity contribution in [3.63, 3.8) is 0 Å². The van der Waals surface area contributed by atoms with Gasteiger partial charge in [-0.15, -0.1) is 22.9 Å². The van der Waals surface area contributed by atoms with E-state index in [-0.39, 0.29) is 11.4 Å². The molecule has 1 aromatic heterocycles. The van der Waals surface area contributed by atoms with Crippen molar-refractivity contribution in [2.75, 3.05) is 5.88 Å². The van der Waals surface area contributed by atoms with Gasteiger partial charge in [0.25, 0.3) is 5.91 Å². The maximum Gasteiger partial charge on any atom is 0.263 e. The average molecular weight is 231 g/mol. The number of halogens is 1. The number of amides is 1. The molecule has 0 bridgehead atoms. The van der Waals surface area contributed by atoms with Crippen LogP contribution in [0.4, 0.5) is 0 Å². The van der Waals surface area contributed by atoms with E-state index in [1.54, 1.807) is 11.7 Å². The Balaban J connectivity index is 2.01. The Morgan fingerprint density at radius 2 is 2.50 bits per heavy atom. The van der Waals surface area contributed by atoms with Crippen LogP contribution >= 0.6 is 22.9 Å². The lowest BCUT2D eigenvalue weighted by Crippen LogP contribution is -2.54. The molecule has 1 aliphatic rings. The van der Waals surface area contributed by atoms with Crippen LogP contribution in [0.25, 0.3) is 0 Å². The largest absolute Gasteiger partial charge is 0.345 e. The number of aromatic nitrogens is 1. The smallest absolute Gasteiger partial charge is 0.263 e. The Bertz CT molecular complexity index is 316. The van der Waals surface area contributed by atoms with Gasteiger partial charge >= 0.3 is 0 Å². The zero-order valence-electron chi connectivity index (χ0n) is 7.62. The van der Waals surface area contributed by atoms with Gasteiger partial charge in [-0.1, -0.05) is 0 Å². The molecule has 1 amide bonds. The highest BCUT2D eigenvalue weighted by Gasteiger charge is 2.37. The molecule has 1 saturated carbocycles. The van der Waals surface area contributed by atoms with Gasteiger partial charge in [-0.2, -0.15) is 0 Å². The highest BCUT2D eigenvalue weighted by molar-refractivity contribution is 7.11. The first-order chi connectivity index (χ1) is 6.76. The molecule has 0 unspecified atom stereocenters. The predicted molar refractivity (Wildman–Crippen MR) is 56.9 cm³/mol. The minimum Gasteiger partial charge on any atom is -0.345 e. The second-order valence-corrected chi connectivity index (χ2v) is 4.74. The molecular weight excluding hydrogens is 220 g/mol. The van der Waals surface area contributed by atoms with Gasteiger partial charge in [-0.25, -0.2) is 0 Å². The Morgan fingerprint density at radius 3 is 2.93 bits per heavy atom. The van der Waals surface area contributed by atoms with Crippen LogP contribution in [0.3, 0.4) is 0 Å². The number of thiazole rings is 1. The molecule has 1 N–H and O–H groups in total. The summed E-state index contributed by atoms with van der Waals surface area (Å²) in [6.45, 7) is 0. The molecule has 1 fully saturated rings. The number of rotatable bonds is 3. The first kappa shape index (κ1) is 9.93. The summed E-state index contributed by atoms with van der Waals surface area (Å²) in [5.74, 6) is 0.449. The second-order valence-electron chi connectivity index (χ2n) is 3.59. The van der Waals surface area contributed by atoms with Crippen molar-refractivity contribution in [3.05, 3.63) is 16.6 Å². The van der Waals surface area contributed by atoms with E-state index in [0.717, 1.165) is 19.3 Å². The van der Waals surface area contributed by atoms with Crippen LogP contribution in [0.5, 0.6) is 0 Å². The number of alkyl halides is 1. The fourth-order valence-electron chi connectivity index (χ4n) is 1.53. The van der Waals surface area contributed by atoms with Gasteiger partial charge in [0.15, 0.2) is 0 Å². The van der Waals surface area contributed by atoms with Crippen molar-refractivity contribution < 1.29 is 4.79 Å². The van der Waals surface area contributed by atoms with E-state index in [0.29, 0.717) is 10.8 Å². The summed E-state index contributed by atoms with van der Waals surface area (Å²) in [5.41, 5.74) is 1.51. The zero-order valence-corrected chi connectivity index (χ0v) is 9.20. The minimum atomic E-state index is -0.150. The zero-order chi connectivity index (χ0) is 10.0. The standard InChI is InChI=1S/C9H11ClN2OS/c10-5-9(2-1-3-9)12-8(13)7-4-11-6-14-7/h4,6H,1-3,5H2,(H,12,13). The molecule has 0 aliphatic heterocycles. The lowest BCUT2D eigenvalue weighted by atomic mass is 9.78. The number of hydrogen-bond acceptors (Lipinski definition) is 3. The normalized spacial score (nSPS) is 18.6. The van der Waals surface area contributed by atoms with Crippen LogP contribution in [0.1, 0.15) is 28.9 Å². The van der Waals surface area contributed by atoms with Gasteiger partial charge in [-0.3, -0.25) is 9.78 Å². The maximum absolute atomic E-state index is 11.7. The Kier molecular flexibility index (Phi) is 2.74. The summed E-state index contributed by atoms with van der Waals surface area (Å²) in [6, 6.07) is 0. The average Bonchev–Trinajstić information content (AvgIpc) is 2.63. The van der Waals surface area contributed by atoms with E-state index in [1.807, 2.05) is 0 Å². The lowest BCUT2D eigenvalue weighted by molar-refractivity contribution is 0.0858. The first-order valence-electron chi connectivity index (χ1n) is 4.53. The first-order valence-corrected chi connectivity index (χ1v) is 5.94. The van der Waals surface area contributed by atoms with Crippen molar-refractivity contribution in [3.8, 4) is 0 Å². The van der Waals surface area contributed by atoms with Crippen LogP contribution in [0.15, 0.2) is 11.7 Å². The SMILES string of the molecule is O=C(NC1(CCl)CCC1)c1cncs1. The minimum absolute atomic E-state index is 0.0483. The van der Waals surface area contributed by atoms with Crippen molar-refractivity contribution in [1.82, 2.24) is 10.3 Å². The number of carbonyl (C=O) groups excluding carboxylic acids is 1. The molecule has 0 spiro atoms. The molecule has 0 aromatic carbocycles. The highest BCUT2D eigenvalue weighted by Crippen LogP contribution is 2.33. The fourth-order valence-corrected chi connectivity index (χ4v) is 2.38. The van der Waals surface area contributed by atoms with Crippen molar-refractivity contribution in [2.45, 2.75) is 24.8 Å². The summed E-state index contributed by atoms with van der Waals surface area (Å²) in [5, 5.41) is 2.98. The van der Waals surface area contributed by atoms with E-state index in [4.69, 9.17) is 11.6 Å². The summed E-state index contributed by atoms with van der Waals surface area (Å²) >= 11 is 7.19. The van der Waals surface area contributed by atoms with Crippen LogP contribution in [-0.4, -0.2) is 22.3 Å². The summed E-state index contributed by atoms with van der Waals surface area (Å²) in [4.78, 5) is 16.2. The van der Waals surface area contributed by atoms with Gasteiger partial charge in [0.1, 0.15) is 4.88 Å². The van der Waals surface area contributed by atoms with Gasteiger partial charge < -0.3 is 5.32 Å². The molecule has 0 saturated heterocycles. The number of nitrogens with one attached hydrogen (secondary N) is 1. The molecule has 76 valence electrons. The quantitative estimate of drug-likeness (QED) is 0.808. The molecule has 14 heavy (non-hydrogen) atoms. The third-order valence-corrected chi connectivity index (χ3v) is 3.88. The third-order valence-electron chi connectivity index (χ3n) is 2.60. The molecule has 1 aromatic rings. The Labute approximate surface area is 91.5 Å². The fraction of sp³-hybridized carbons (Fsp3) is 0.556. The van der Waals surface area contributed by atoms with E-state index in [1.165, 1.54) is 11.3 Å². The molecule has 3 nitrogen and oxygen atoms in total.